The van der Waals surface area contributed by atoms with Crippen LogP contribution >= 0.6 is 0 Å². The van der Waals surface area contributed by atoms with E-state index >= 15 is 4.39 Å². The van der Waals surface area contributed by atoms with Gasteiger partial charge >= 0.3 is 0 Å². The molecule has 5 heterocycles. The summed E-state index contributed by atoms with van der Waals surface area (Å²) in [6.45, 7) is 4.60. The Labute approximate surface area is 220 Å². The van der Waals surface area contributed by atoms with Gasteiger partial charge in [-0.05, 0) is 36.9 Å². The topological polar surface area (TPSA) is 103 Å². The highest BCUT2D eigenvalue weighted by atomic mass is 19.1. The van der Waals surface area contributed by atoms with Crippen LogP contribution < -0.4 is 15.5 Å². The fourth-order valence-corrected chi connectivity index (χ4v) is 5.48. The van der Waals surface area contributed by atoms with Gasteiger partial charge in [-0.3, -0.25) is 14.5 Å². The summed E-state index contributed by atoms with van der Waals surface area (Å²) in [5.41, 5.74) is 3.21. The molecule has 0 amide bonds. The molecule has 1 saturated heterocycles. The number of pyridine rings is 1. The molecule has 0 aliphatic carbocycles. The van der Waals surface area contributed by atoms with Crippen LogP contribution in [0, 0.1) is 5.82 Å². The average Bonchev–Trinajstić information content (AvgIpc) is 2.95. The van der Waals surface area contributed by atoms with E-state index in [1.807, 2.05) is 11.9 Å². The molecule has 0 bridgehead atoms. The van der Waals surface area contributed by atoms with E-state index in [1.54, 1.807) is 30.5 Å². The zero-order chi connectivity index (χ0) is 26.2. The minimum atomic E-state index is -0.583. The van der Waals surface area contributed by atoms with Crippen LogP contribution in [0.25, 0.3) is 0 Å². The van der Waals surface area contributed by atoms with E-state index in [-0.39, 0.29) is 23.1 Å². The third kappa shape index (κ3) is 4.59. The summed E-state index contributed by atoms with van der Waals surface area (Å²) in [5, 5.41) is 6.68. The first-order chi connectivity index (χ1) is 18.5. The summed E-state index contributed by atoms with van der Waals surface area (Å²) in [5.74, 6) is 0.260. The highest BCUT2D eigenvalue weighted by Crippen LogP contribution is 2.28. The van der Waals surface area contributed by atoms with Crippen LogP contribution in [-0.2, 0) is 19.5 Å². The van der Waals surface area contributed by atoms with E-state index in [4.69, 9.17) is 9.97 Å². The zero-order valence-electron chi connectivity index (χ0n) is 21.3. The third-order valence-electron chi connectivity index (χ3n) is 7.62. The van der Waals surface area contributed by atoms with Crippen LogP contribution in [-0.4, -0.2) is 71.2 Å². The molecule has 0 saturated carbocycles. The average molecular weight is 516 g/mol. The van der Waals surface area contributed by atoms with Crippen LogP contribution in [0.1, 0.15) is 61.5 Å². The van der Waals surface area contributed by atoms with Gasteiger partial charge in [0.05, 0.1) is 22.9 Å². The number of nitrogens with one attached hydrogen (secondary N) is 2. The third-order valence-corrected chi connectivity index (χ3v) is 7.62. The van der Waals surface area contributed by atoms with Crippen molar-refractivity contribution in [2.75, 3.05) is 44.7 Å². The number of fused-ring (bicyclic) bond motifs is 2. The van der Waals surface area contributed by atoms with Gasteiger partial charge in [0.2, 0.25) is 5.78 Å². The van der Waals surface area contributed by atoms with Crippen LogP contribution in [0.4, 0.5) is 10.2 Å². The maximum absolute atomic E-state index is 15.2. The lowest BCUT2D eigenvalue weighted by atomic mass is 9.97. The van der Waals surface area contributed by atoms with Crippen molar-refractivity contribution >= 4 is 17.4 Å². The lowest BCUT2D eigenvalue weighted by Gasteiger charge is -2.33. The van der Waals surface area contributed by atoms with Crippen LogP contribution in [0.5, 0.6) is 0 Å². The summed E-state index contributed by atoms with van der Waals surface area (Å²) in [6.07, 6.45) is 2.74. The Balaban J connectivity index is 1.35. The quantitative estimate of drug-likeness (QED) is 0.494. The molecular formula is C28H30FN7O2. The van der Waals surface area contributed by atoms with E-state index in [0.717, 1.165) is 36.5 Å². The minimum Gasteiger partial charge on any atom is -0.351 e. The molecule has 10 heteroatoms. The van der Waals surface area contributed by atoms with Gasteiger partial charge in [0, 0.05) is 70.4 Å². The van der Waals surface area contributed by atoms with Crippen LogP contribution in [0.2, 0.25) is 0 Å². The molecule has 3 aliphatic heterocycles. The van der Waals surface area contributed by atoms with Crippen LogP contribution in [0.15, 0.2) is 36.5 Å². The Morgan fingerprint density at radius 2 is 2.03 bits per heavy atom. The standard InChI is InChI=1S/C28H30FN7O2/c1-35-12-10-31-15-23(35)27-33-22-6-9-30-14-20(22)25(34-27)26(38)19-13-17(4-5-21(19)29)16-36-11-7-24(37)18-3-2-8-32-28(18)36/h2-5,8,13,23,30-31H,6-7,9-12,14-16H2,1H3. The SMILES string of the molecule is CN1CCNCC1c1nc2c(c(C(=O)c3cc(CN4CCC(=O)c5cccnc54)ccc3F)n1)CNCC2. The molecule has 3 aromatic rings. The van der Waals surface area contributed by atoms with Crippen molar-refractivity contribution in [2.24, 2.45) is 0 Å². The number of nitrogens with zero attached hydrogens (tertiary/aromatic N) is 5. The molecule has 1 atom stereocenters. The second-order valence-electron chi connectivity index (χ2n) is 10.1. The highest BCUT2D eigenvalue weighted by Gasteiger charge is 2.30. The molecule has 1 unspecified atom stereocenters. The van der Waals surface area contributed by atoms with E-state index in [2.05, 4.69) is 20.5 Å². The van der Waals surface area contributed by atoms with Gasteiger partial charge in [0.1, 0.15) is 23.2 Å². The van der Waals surface area contributed by atoms with Gasteiger partial charge in [-0.2, -0.15) is 0 Å². The number of benzene rings is 1. The Morgan fingerprint density at radius 1 is 1.13 bits per heavy atom. The number of Topliss-reactive ketones (excluding diaryl/α,β-unsaturated/α-hetero) is 1. The fraction of sp³-hybridized carbons (Fsp3) is 0.393. The first-order valence-corrected chi connectivity index (χ1v) is 13.1. The summed E-state index contributed by atoms with van der Waals surface area (Å²) >= 11 is 0. The molecule has 1 aromatic carbocycles. The summed E-state index contributed by atoms with van der Waals surface area (Å²) in [6, 6.07) is 8.09. The number of carbonyl (C=O) groups is 2. The number of aromatic nitrogens is 3. The number of likely N-dealkylation sites (N-methyl/N-ethyl adjacent to an activating group) is 1. The van der Waals surface area contributed by atoms with Crippen molar-refractivity contribution < 1.29 is 14.0 Å². The number of halogens is 1. The summed E-state index contributed by atoms with van der Waals surface area (Å²) in [4.78, 5) is 44.4. The van der Waals surface area contributed by atoms with Gasteiger partial charge in [-0.25, -0.2) is 19.3 Å². The Bertz CT molecular complexity index is 1410. The number of anilines is 1. The molecule has 6 rings (SSSR count). The van der Waals surface area contributed by atoms with Crippen LogP contribution in [0.3, 0.4) is 0 Å². The second-order valence-corrected chi connectivity index (χ2v) is 10.1. The lowest BCUT2D eigenvalue weighted by molar-refractivity contribution is 0.0978. The molecule has 0 spiro atoms. The Kier molecular flexibility index (Phi) is 6.69. The summed E-state index contributed by atoms with van der Waals surface area (Å²) < 4.78 is 15.2. The van der Waals surface area contributed by atoms with Gasteiger partial charge in [0.15, 0.2) is 5.78 Å². The first kappa shape index (κ1) is 24.7. The predicted octanol–water partition coefficient (Wildman–Crippen LogP) is 2.06. The van der Waals surface area contributed by atoms with Crippen molar-refractivity contribution in [2.45, 2.75) is 32.0 Å². The van der Waals surface area contributed by atoms with E-state index in [0.29, 0.717) is 56.2 Å². The molecule has 9 nitrogen and oxygen atoms in total. The number of hydrogen-bond donors (Lipinski definition) is 2. The smallest absolute Gasteiger partial charge is 0.214 e. The highest BCUT2D eigenvalue weighted by molar-refractivity contribution is 6.09. The largest absolute Gasteiger partial charge is 0.351 e. The molecule has 2 N–H and O–H groups in total. The van der Waals surface area contributed by atoms with Gasteiger partial charge in [0.25, 0.3) is 0 Å². The molecule has 0 radical (unpaired) electrons. The minimum absolute atomic E-state index is 0.00984. The molecule has 3 aliphatic rings. The maximum Gasteiger partial charge on any atom is 0.214 e. The van der Waals surface area contributed by atoms with Crippen molar-refractivity contribution in [3.05, 3.63) is 81.8 Å². The maximum atomic E-state index is 15.2. The van der Waals surface area contributed by atoms with E-state index in [9.17, 15) is 9.59 Å². The molecule has 2 aromatic heterocycles. The predicted molar refractivity (Wildman–Crippen MR) is 140 cm³/mol. The van der Waals surface area contributed by atoms with Crippen molar-refractivity contribution in [1.29, 1.82) is 0 Å². The number of rotatable bonds is 5. The monoisotopic (exact) mass is 515 g/mol. The Hall–Kier alpha value is -3.60. The zero-order valence-corrected chi connectivity index (χ0v) is 21.3. The van der Waals surface area contributed by atoms with Gasteiger partial charge in [-0.1, -0.05) is 6.07 Å². The number of ketones is 2. The van der Waals surface area contributed by atoms with E-state index < -0.39 is 11.6 Å². The molecule has 1 fully saturated rings. The van der Waals surface area contributed by atoms with Crippen molar-refractivity contribution in [1.82, 2.24) is 30.5 Å². The molecule has 38 heavy (non-hydrogen) atoms. The fourth-order valence-electron chi connectivity index (χ4n) is 5.48. The number of piperazine rings is 1. The normalized spacial score (nSPS) is 19.7. The lowest BCUT2D eigenvalue weighted by Crippen LogP contribution is -2.45. The Morgan fingerprint density at radius 3 is 2.89 bits per heavy atom. The number of carbonyl (C=O) groups excluding carboxylic acids is 2. The summed E-state index contributed by atoms with van der Waals surface area (Å²) in [7, 11) is 2.03. The second kappa shape index (κ2) is 10.3. The number of hydrogen-bond acceptors (Lipinski definition) is 9. The van der Waals surface area contributed by atoms with E-state index in [1.165, 1.54) is 6.07 Å². The van der Waals surface area contributed by atoms with Gasteiger partial charge < -0.3 is 15.5 Å². The molecular weight excluding hydrogens is 485 g/mol. The first-order valence-electron chi connectivity index (χ1n) is 13.1. The van der Waals surface area contributed by atoms with Gasteiger partial charge in [-0.15, -0.1) is 0 Å². The van der Waals surface area contributed by atoms with Crippen molar-refractivity contribution in [3.8, 4) is 0 Å². The van der Waals surface area contributed by atoms with Crippen molar-refractivity contribution in [3.63, 3.8) is 0 Å². The molecule has 196 valence electrons.